The van der Waals surface area contributed by atoms with Gasteiger partial charge in [0.2, 0.25) is 10.0 Å². The maximum atomic E-state index is 12.7. The van der Waals surface area contributed by atoms with Crippen LogP contribution in [-0.4, -0.2) is 55.2 Å². The number of carboxylic acids is 1. The van der Waals surface area contributed by atoms with E-state index in [1.807, 2.05) is 20.8 Å². The Hall–Kier alpha value is -2.13. The molecule has 1 amide bonds. The Labute approximate surface area is 171 Å². The van der Waals surface area contributed by atoms with Crippen molar-refractivity contribution >= 4 is 22.1 Å². The summed E-state index contributed by atoms with van der Waals surface area (Å²) in [5.74, 6) is -1.22. The number of carbonyl (C=O) groups is 2. The fourth-order valence-corrected chi connectivity index (χ4v) is 4.83. The predicted molar refractivity (Wildman–Crippen MR) is 106 cm³/mol. The molecule has 0 unspecified atom stereocenters. The highest BCUT2D eigenvalue weighted by Gasteiger charge is 2.44. The molecule has 2 atom stereocenters. The second-order valence-electron chi connectivity index (χ2n) is 8.72. The van der Waals surface area contributed by atoms with Crippen LogP contribution in [0.5, 0.6) is 0 Å². The van der Waals surface area contributed by atoms with E-state index in [0.717, 1.165) is 5.56 Å². The van der Waals surface area contributed by atoms with Gasteiger partial charge in [-0.05, 0) is 63.6 Å². The van der Waals surface area contributed by atoms with Crippen molar-refractivity contribution in [1.29, 1.82) is 0 Å². The SMILES string of the molecule is CC(C)(C)OC(=O)N1CCC(NS(=O)(=O)c2ccc([C@@H]3C[C@H]3C(=O)O)cc2)CC1. The monoisotopic (exact) mass is 424 g/mol. The molecular weight excluding hydrogens is 396 g/mol. The number of hydrogen-bond acceptors (Lipinski definition) is 5. The maximum Gasteiger partial charge on any atom is 0.410 e. The summed E-state index contributed by atoms with van der Waals surface area (Å²) in [6.45, 7) is 6.28. The zero-order valence-electron chi connectivity index (χ0n) is 16.9. The second kappa shape index (κ2) is 7.95. The van der Waals surface area contributed by atoms with Crippen LogP contribution < -0.4 is 4.72 Å². The van der Waals surface area contributed by atoms with E-state index in [1.54, 1.807) is 17.0 Å². The molecular formula is C20H28N2O6S. The lowest BCUT2D eigenvalue weighted by Crippen LogP contribution is -2.47. The topological polar surface area (TPSA) is 113 Å². The van der Waals surface area contributed by atoms with E-state index in [4.69, 9.17) is 9.84 Å². The van der Waals surface area contributed by atoms with Gasteiger partial charge >= 0.3 is 12.1 Å². The number of piperidine rings is 1. The zero-order valence-corrected chi connectivity index (χ0v) is 17.7. The van der Waals surface area contributed by atoms with Gasteiger partial charge in [0.15, 0.2) is 0 Å². The second-order valence-corrected chi connectivity index (χ2v) is 10.4. The van der Waals surface area contributed by atoms with Crippen LogP contribution in [0, 0.1) is 5.92 Å². The number of carboxylic acid groups (broad SMARTS) is 1. The molecule has 160 valence electrons. The summed E-state index contributed by atoms with van der Waals surface area (Å²) in [6, 6.07) is 6.16. The van der Waals surface area contributed by atoms with Crippen LogP contribution in [0.15, 0.2) is 29.2 Å². The highest BCUT2D eigenvalue weighted by Crippen LogP contribution is 2.47. The lowest BCUT2D eigenvalue weighted by Gasteiger charge is -2.33. The molecule has 0 radical (unpaired) electrons. The number of nitrogens with zero attached hydrogens (tertiary/aromatic N) is 1. The van der Waals surface area contributed by atoms with Gasteiger partial charge < -0.3 is 14.7 Å². The average molecular weight is 425 g/mol. The minimum Gasteiger partial charge on any atom is -0.481 e. The fraction of sp³-hybridized carbons (Fsp3) is 0.600. The van der Waals surface area contributed by atoms with Crippen molar-refractivity contribution in [2.45, 2.75) is 62.5 Å². The lowest BCUT2D eigenvalue weighted by molar-refractivity contribution is -0.138. The van der Waals surface area contributed by atoms with Gasteiger partial charge in [0.1, 0.15) is 5.60 Å². The first-order valence-corrected chi connectivity index (χ1v) is 11.3. The van der Waals surface area contributed by atoms with Gasteiger partial charge in [0.25, 0.3) is 0 Å². The molecule has 3 rings (SSSR count). The molecule has 2 N–H and O–H groups in total. The average Bonchev–Trinajstić information content (AvgIpc) is 3.42. The number of carbonyl (C=O) groups excluding carboxylic acids is 1. The van der Waals surface area contributed by atoms with E-state index in [2.05, 4.69) is 4.72 Å². The van der Waals surface area contributed by atoms with E-state index >= 15 is 0 Å². The van der Waals surface area contributed by atoms with Gasteiger partial charge in [-0.2, -0.15) is 0 Å². The molecule has 29 heavy (non-hydrogen) atoms. The first-order chi connectivity index (χ1) is 13.5. The third kappa shape index (κ3) is 5.48. The van der Waals surface area contributed by atoms with Gasteiger partial charge in [-0.15, -0.1) is 0 Å². The number of aliphatic carboxylic acids is 1. The molecule has 1 saturated heterocycles. The van der Waals surface area contributed by atoms with Crippen LogP contribution >= 0.6 is 0 Å². The summed E-state index contributed by atoms with van der Waals surface area (Å²) < 4.78 is 33.4. The van der Waals surface area contributed by atoms with Crippen molar-refractivity contribution in [2.24, 2.45) is 5.92 Å². The normalized spacial score (nSPS) is 22.9. The fourth-order valence-electron chi connectivity index (χ4n) is 3.52. The van der Waals surface area contributed by atoms with Gasteiger partial charge in [-0.25, -0.2) is 17.9 Å². The van der Waals surface area contributed by atoms with Crippen molar-refractivity contribution in [3.63, 3.8) is 0 Å². The van der Waals surface area contributed by atoms with Crippen molar-refractivity contribution in [3.8, 4) is 0 Å². The number of hydrogen-bond donors (Lipinski definition) is 2. The molecule has 0 bridgehead atoms. The van der Waals surface area contributed by atoms with E-state index < -0.39 is 21.6 Å². The summed E-state index contributed by atoms with van der Waals surface area (Å²) in [5, 5.41) is 9.02. The lowest BCUT2D eigenvalue weighted by atomic mass is 10.1. The minimum absolute atomic E-state index is 0.0330. The Morgan fingerprint density at radius 1 is 1.14 bits per heavy atom. The van der Waals surface area contributed by atoms with Gasteiger partial charge in [-0.1, -0.05) is 12.1 Å². The summed E-state index contributed by atoms with van der Waals surface area (Å²) >= 11 is 0. The molecule has 0 spiro atoms. The summed E-state index contributed by atoms with van der Waals surface area (Å²) in [6.07, 6.45) is 1.24. The minimum atomic E-state index is -3.68. The summed E-state index contributed by atoms with van der Waals surface area (Å²) in [7, 11) is -3.68. The van der Waals surface area contributed by atoms with Gasteiger partial charge in [0.05, 0.1) is 10.8 Å². The molecule has 9 heteroatoms. The van der Waals surface area contributed by atoms with Crippen molar-refractivity contribution in [3.05, 3.63) is 29.8 Å². The predicted octanol–water partition coefficient (Wildman–Crippen LogP) is 2.55. The number of rotatable bonds is 5. The third-order valence-corrected chi connectivity index (χ3v) is 6.73. The van der Waals surface area contributed by atoms with Crippen molar-refractivity contribution in [1.82, 2.24) is 9.62 Å². The Morgan fingerprint density at radius 2 is 1.72 bits per heavy atom. The van der Waals surface area contributed by atoms with Crippen LogP contribution in [0.4, 0.5) is 4.79 Å². The van der Waals surface area contributed by atoms with E-state index in [9.17, 15) is 18.0 Å². The van der Waals surface area contributed by atoms with E-state index in [-0.39, 0.29) is 28.9 Å². The number of benzene rings is 1. The molecule has 1 heterocycles. The molecule has 8 nitrogen and oxygen atoms in total. The quantitative estimate of drug-likeness (QED) is 0.751. The third-order valence-electron chi connectivity index (χ3n) is 5.19. The Kier molecular flexibility index (Phi) is 5.91. The first-order valence-electron chi connectivity index (χ1n) is 9.79. The van der Waals surface area contributed by atoms with Crippen molar-refractivity contribution < 1.29 is 27.9 Å². The zero-order chi connectivity index (χ0) is 21.4. The highest BCUT2D eigenvalue weighted by molar-refractivity contribution is 7.89. The molecule has 2 fully saturated rings. The van der Waals surface area contributed by atoms with Crippen LogP contribution in [0.25, 0.3) is 0 Å². The van der Waals surface area contributed by atoms with Crippen LogP contribution in [0.2, 0.25) is 0 Å². The molecule has 1 aromatic rings. The largest absolute Gasteiger partial charge is 0.481 e. The number of nitrogens with one attached hydrogen (secondary N) is 1. The molecule has 1 aliphatic heterocycles. The van der Waals surface area contributed by atoms with Crippen LogP contribution in [0.1, 0.15) is 51.5 Å². The molecule has 0 aromatic heterocycles. The molecule has 1 aromatic carbocycles. The number of ether oxygens (including phenoxy) is 1. The Bertz CT molecular complexity index is 867. The van der Waals surface area contributed by atoms with Gasteiger partial charge in [-0.3, -0.25) is 4.79 Å². The Balaban J connectivity index is 1.54. The number of likely N-dealkylation sites (tertiary alicyclic amines) is 1. The number of amides is 1. The smallest absolute Gasteiger partial charge is 0.410 e. The highest BCUT2D eigenvalue weighted by atomic mass is 32.2. The maximum absolute atomic E-state index is 12.7. The molecule has 1 aliphatic carbocycles. The van der Waals surface area contributed by atoms with Gasteiger partial charge in [0, 0.05) is 19.1 Å². The number of sulfonamides is 1. The Morgan fingerprint density at radius 3 is 2.21 bits per heavy atom. The first kappa shape index (κ1) is 21.6. The molecule has 1 saturated carbocycles. The summed E-state index contributed by atoms with van der Waals surface area (Å²) in [5.41, 5.74) is 0.286. The van der Waals surface area contributed by atoms with Crippen molar-refractivity contribution in [2.75, 3.05) is 13.1 Å². The molecule has 2 aliphatic rings. The standard InChI is InChI=1S/C20H28N2O6S/c1-20(2,3)28-19(25)22-10-8-14(9-11-22)21-29(26,27)15-6-4-13(5-7-15)16-12-17(16)18(23)24/h4-7,14,16-17,21H,8-12H2,1-3H3,(H,23,24)/t16-,17+/m0/s1. The van der Waals surface area contributed by atoms with Crippen LogP contribution in [-0.2, 0) is 19.6 Å². The summed E-state index contributed by atoms with van der Waals surface area (Å²) in [4.78, 5) is 24.9. The van der Waals surface area contributed by atoms with E-state index in [1.165, 1.54) is 12.1 Å². The van der Waals surface area contributed by atoms with E-state index in [0.29, 0.717) is 32.4 Å². The van der Waals surface area contributed by atoms with Crippen LogP contribution in [0.3, 0.4) is 0 Å².